The summed E-state index contributed by atoms with van der Waals surface area (Å²) in [6, 6.07) is 2.45. The normalized spacial score (nSPS) is 20.6. The highest BCUT2D eigenvalue weighted by molar-refractivity contribution is 5.11. The fraction of sp³-hybridized carbons (Fsp3) is 0.625. The predicted octanol–water partition coefficient (Wildman–Crippen LogP) is 3.32. The standard InChI is InChI=1S/C16H24N4O/c1-3-20-12-14(10-17-20)11-19-8-6-4-5-7-16(19)15-9-13(2)21-18-15/h9-10,12,16H,3-8,11H2,1-2H3/t16-/m1/s1. The molecule has 0 aliphatic carbocycles. The molecular weight excluding hydrogens is 264 g/mol. The fourth-order valence-electron chi connectivity index (χ4n) is 3.13. The summed E-state index contributed by atoms with van der Waals surface area (Å²) in [6.07, 6.45) is 9.12. The molecule has 1 fully saturated rings. The number of rotatable bonds is 4. The monoisotopic (exact) mass is 288 g/mol. The zero-order valence-electron chi connectivity index (χ0n) is 13.0. The number of aromatic nitrogens is 3. The van der Waals surface area contributed by atoms with E-state index in [1.165, 1.54) is 24.8 Å². The topological polar surface area (TPSA) is 47.1 Å². The van der Waals surface area contributed by atoms with E-state index in [0.29, 0.717) is 6.04 Å². The first-order valence-electron chi connectivity index (χ1n) is 7.95. The Morgan fingerprint density at radius 1 is 1.33 bits per heavy atom. The summed E-state index contributed by atoms with van der Waals surface area (Å²) >= 11 is 0. The average Bonchev–Trinajstić information content (AvgIpc) is 3.04. The van der Waals surface area contributed by atoms with Crippen molar-refractivity contribution in [3.63, 3.8) is 0 Å². The summed E-state index contributed by atoms with van der Waals surface area (Å²) in [5.41, 5.74) is 2.36. The van der Waals surface area contributed by atoms with Crippen molar-refractivity contribution in [3.8, 4) is 0 Å². The van der Waals surface area contributed by atoms with Gasteiger partial charge in [-0.25, -0.2) is 0 Å². The molecule has 3 heterocycles. The second-order valence-corrected chi connectivity index (χ2v) is 5.90. The molecule has 1 aliphatic rings. The average molecular weight is 288 g/mol. The molecule has 1 atom stereocenters. The van der Waals surface area contributed by atoms with Gasteiger partial charge in [0.25, 0.3) is 0 Å². The third kappa shape index (κ3) is 3.35. The van der Waals surface area contributed by atoms with Crippen LogP contribution in [0.15, 0.2) is 23.0 Å². The van der Waals surface area contributed by atoms with E-state index in [2.05, 4.69) is 34.3 Å². The molecule has 1 saturated heterocycles. The van der Waals surface area contributed by atoms with Crippen molar-refractivity contribution in [1.82, 2.24) is 19.8 Å². The Hall–Kier alpha value is -1.62. The van der Waals surface area contributed by atoms with E-state index in [0.717, 1.165) is 37.5 Å². The molecule has 1 aliphatic heterocycles. The summed E-state index contributed by atoms with van der Waals surface area (Å²) < 4.78 is 7.27. The number of aryl methyl sites for hydroxylation is 2. The van der Waals surface area contributed by atoms with Crippen molar-refractivity contribution in [3.05, 3.63) is 35.5 Å². The Morgan fingerprint density at radius 3 is 2.95 bits per heavy atom. The highest BCUT2D eigenvalue weighted by Gasteiger charge is 2.25. The first-order chi connectivity index (χ1) is 10.3. The van der Waals surface area contributed by atoms with E-state index in [1.54, 1.807) is 0 Å². The Bertz CT molecular complexity index is 574. The maximum absolute atomic E-state index is 5.29. The van der Waals surface area contributed by atoms with Crippen LogP contribution in [0.5, 0.6) is 0 Å². The Morgan fingerprint density at radius 2 is 2.24 bits per heavy atom. The van der Waals surface area contributed by atoms with Gasteiger partial charge in [-0.15, -0.1) is 0 Å². The highest BCUT2D eigenvalue weighted by Crippen LogP contribution is 2.30. The maximum atomic E-state index is 5.29. The fourth-order valence-corrected chi connectivity index (χ4v) is 3.13. The lowest BCUT2D eigenvalue weighted by Gasteiger charge is -2.27. The van der Waals surface area contributed by atoms with Crippen LogP contribution in [0.4, 0.5) is 0 Å². The van der Waals surface area contributed by atoms with Crippen molar-refractivity contribution in [2.24, 2.45) is 0 Å². The third-order valence-corrected chi connectivity index (χ3v) is 4.25. The summed E-state index contributed by atoms with van der Waals surface area (Å²) in [6.45, 7) is 7.06. The van der Waals surface area contributed by atoms with Crippen LogP contribution in [0.3, 0.4) is 0 Å². The Labute approximate surface area is 125 Å². The minimum atomic E-state index is 0.370. The smallest absolute Gasteiger partial charge is 0.133 e. The lowest BCUT2D eigenvalue weighted by Crippen LogP contribution is -2.28. The summed E-state index contributed by atoms with van der Waals surface area (Å²) in [4.78, 5) is 2.53. The summed E-state index contributed by atoms with van der Waals surface area (Å²) in [7, 11) is 0. The van der Waals surface area contributed by atoms with Gasteiger partial charge in [0.2, 0.25) is 0 Å². The number of likely N-dealkylation sites (tertiary alicyclic amines) is 1. The number of hydrogen-bond donors (Lipinski definition) is 0. The van der Waals surface area contributed by atoms with Crippen molar-refractivity contribution in [2.75, 3.05) is 6.54 Å². The molecule has 0 bridgehead atoms. The zero-order valence-corrected chi connectivity index (χ0v) is 13.0. The van der Waals surface area contributed by atoms with Crippen LogP contribution in [-0.2, 0) is 13.1 Å². The van der Waals surface area contributed by atoms with Gasteiger partial charge >= 0.3 is 0 Å². The molecule has 0 N–H and O–H groups in total. The molecule has 5 nitrogen and oxygen atoms in total. The van der Waals surface area contributed by atoms with E-state index in [-0.39, 0.29) is 0 Å². The second-order valence-electron chi connectivity index (χ2n) is 5.90. The molecule has 0 spiro atoms. The van der Waals surface area contributed by atoms with Crippen molar-refractivity contribution >= 4 is 0 Å². The van der Waals surface area contributed by atoms with E-state index < -0.39 is 0 Å². The molecule has 3 rings (SSSR count). The van der Waals surface area contributed by atoms with Crippen molar-refractivity contribution in [2.45, 2.75) is 58.7 Å². The van der Waals surface area contributed by atoms with Gasteiger partial charge in [0.05, 0.1) is 12.2 Å². The van der Waals surface area contributed by atoms with Crippen LogP contribution < -0.4 is 0 Å². The molecule has 5 heteroatoms. The number of nitrogens with zero attached hydrogens (tertiary/aromatic N) is 4. The lowest BCUT2D eigenvalue weighted by atomic mass is 10.1. The highest BCUT2D eigenvalue weighted by atomic mass is 16.5. The van der Waals surface area contributed by atoms with Crippen LogP contribution >= 0.6 is 0 Å². The molecular formula is C16H24N4O. The molecule has 21 heavy (non-hydrogen) atoms. The van der Waals surface area contributed by atoms with Gasteiger partial charge in [-0.05, 0) is 33.2 Å². The van der Waals surface area contributed by atoms with Crippen molar-refractivity contribution in [1.29, 1.82) is 0 Å². The molecule has 2 aromatic rings. The van der Waals surface area contributed by atoms with Gasteiger partial charge in [0, 0.05) is 30.9 Å². The van der Waals surface area contributed by atoms with E-state index >= 15 is 0 Å². The van der Waals surface area contributed by atoms with Crippen LogP contribution in [0, 0.1) is 6.92 Å². The first kappa shape index (κ1) is 14.3. The molecule has 2 aromatic heterocycles. The van der Waals surface area contributed by atoms with Crippen LogP contribution in [0.2, 0.25) is 0 Å². The molecule has 0 radical (unpaired) electrons. The minimum Gasteiger partial charge on any atom is -0.361 e. The number of hydrogen-bond acceptors (Lipinski definition) is 4. The second kappa shape index (κ2) is 6.43. The predicted molar refractivity (Wildman–Crippen MR) is 80.8 cm³/mol. The van der Waals surface area contributed by atoms with E-state index in [9.17, 15) is 0 Å². The Kier molecular flexibility index (Phi) is 4.39. The molecule has 0 saturated carbocycles. The van der Waals surface area contributed by atoms with E-state index in [1.807, 2.05) is 17.8 Å². The van der Waals surface area contributed by atoms with Gasteiger partial charge in [-0.2, -0.15) is 5.10 Å². The lowest BCUT2D eigenvalue weighted by molar-refractivity contribution is 0.183. The van der Waals surface area contributed by atoms with Crippen molar-refractivity contribution < 1.29 is 4.52 Å². The maximum Gasteiger partial charge on any atom is 0.133 e. The molecule has 0 unspecified atom stereocenters. The summed E-state index contributed by atoms with van der Waals surface area (Å²) in [5.74, 6) is 0.896. The quantitative estimate of drug-likeness (QED) is 0.866. The van der Waals surface area contributed by atoms with Gasteiger partial charge in [-0.1, -0.05) is 18.0 Å². The van der Waals surface area contributed by atoms with Crippen LogP contribution in [0.1, 0.15) is 55.7 Å². The van der Waals surface area contributed by atoms with Crippen LogP contribution in [-0.4, -0.2) is 26.4 Å². The molecule has 114 valence electrons. The zero-order chi connectivity index (χ0) is 14.7. The summed E-state index contributed by atoms with van der Waals surface area (Å²) in [5, 5.41) is 8.64. The van der Waals surface area contributed by atoms with Gasteiger partial charge in [0.1, 0.15) is 11.5 Å². The van der Waals surface area contributed by atoms with Crippen LogP contribution in [0.25, 0.3) is 0 Å². The third-order valence-electron chi connectivity index (χ3n) is 4.25. The Balaban J connectivity index is 1.78. The van der Waals surface area contributed by atoms with E-state index in [4.69, 9.17) is 4.52 Å². The molecule has 0 aromatic carbocycles. The van der Waals surface area contributed by atoms with Gasteiger partial charge in [0.15, 0.2) is 0 Å². The molecule has 0 amide bonds. The van der Waals surface area contributed by atoms with Gasteiger partial charge < -0.3 is 4.52 Å². The SMILES string of the molecule is CCn1cc(CN2CCCCC[C@@H]2c2cc(C)on2)cn1. The largest absolute Gasteiger partial charge is 0.361 e. The first-order valence-corrected chi connectivity index (χ1v) is 7.95. The minimum absolute atomic E-state index is 0.370. The van der Waals surface area contributed by atoms with Gasteiger partial charge in [-0.3, -0.25) is 9.58 Å².